The summed E-state index contributed by atoms with van der Waals surface area (Å²) in [6, 6.07) is 13.9. The number of carbonyl (C=O) groups is 1. The van der Waals surface area contributed by atoms with Crippen LogP contribution in [-0.2, 0) is 0 Å². The smallest absolute Gasteiger partial charge is 0.347 e. The molecule has 4 nitrogen and oxygen atoms in total. The van der Waals surface area contributed by atoms with E-state index in [0.717, 1.165) is 11.8 Å². The van der Waals surface area contributed by atoms with Gasteiger partial charge >= 0.3 is 11.6 Å². The fraction of sp³-hybridized carbons (Fsp3) is 0.0588. The molecule has 0 fully saturated rings. The van der Waals surface area contributed by atoms with Crippen LogP contribution in [0.15, 0.2) is 64.0 Å². The number of rotatable bonds is 2. The lowest BCUT2D eigenvalue weighted by molar-refractivity contribution is 0.0734. The molecule has 0 aliphatic carbocycles. The Labute approximate surface area is 120 Å². The maximum Gasteiger partial charge on any atom is 0.347 e. The Morgan fingerprint density at radius 3 is 2.38 bits per heavy atom. The molecule has 21 heavy (non-hydrogen) atoms. The topological polar surface area (TPSA) is 56.5 Å². The van der Waals surface area contributed by atoms with E-state index in [9.17, 15) is 9.59 Å². The van der Waals surface area contributed by atoms with Crippen molar-refractivity contribution in [3.8, 4) is 5.75 Å². The third-order valence-corrected chi connectivity index (χ3v) is 3.17. The van der Waals surface area contributed by atoms with Gasteiger partial charge in [0, 0.05) is 5.39 Å². The molecule has 0 saturated heterocycles. The molecule has 3 rings (SSSR count). The lowest BCUT2D eigenvalue weighted by Gasteiger charge is -2.06. The van der Waals surface area contributed by atoms with Gasteiger partial charge in [-0.05, 0) is 25.1 Å². The first kappa shape index (κ1) is 13.1. The highest BCUT2D eigenvalue weighted by Gasteiger charge is 2.15. The summed E-state index contributed by atoms with van der Waals surface area (Å²) in [6.45, 7) is 1.95. The van der Waals surface area contributed by atoms with E-state index >= 15 is 0 Å². The zero-order valence-corrected chi connectivity index (χ0v) is 11.3. The maximum absolute atomic E-state index is 12.2. The zero-order valence-electron chi connectivity index (χ0n) is 11.3. The molecule has 0 saturated carbocycles. The first-order valence-corrected chi connectivity index (χ1v) is 6.44. The highest BCUT2D eigenvalue weighted by atomic mass is 16.5. The van der Waals surface area contributed by atoms with Gasteiger partial charge in [0.1, 0.15) is 17.6 Å². The van der Waals surface area contributed by atoms with E-state index < -0.39 is 11.6 Å². The van der Waals surface area contributed by atoms with Gasteiger partial charge in [0.05, 0.1) is 5.39 Å². The van der Waals surface area contributed by atoms with E-state index in [1.165, 1.54) is 0 Å². The van der Waals surface area contributed by atoms with Crippen molar-refractivity contribution >= 4 is 16.7 Å². The van der Waals surface area contributed by atoms with Gasteiger partial charge in [-0.25, -0.2) is 9.59 Å². The third-order valence-electron chi connectivity index (χ3n) is 3.17. The average molecular weight is 280 g/mol. The highest BCUT2D eigenvalue weighted by molar-refractivity contribution is 6.04. The number of fused-ring (bicyclic) bond motifs is 1. The highest BCUT2D eigenvalue weighted by Crippen LogP contribution is 2.19. The summed E-state index contributed by atoms with van der Waals surface area (Å²) in [5.74, 6) is -0.111. The van der Waals surface area contributed by atoms with Gasteiger partial charge in [0.15, 0.2) is 0 Å². The van der Waals surface area contributed by atoms with Gasteiger partial charge in [-0.3, -0.25) is 0 Å². The van der Waals surface area contributed by atoms with Crippen LogP contribution in [0, 0.1) is 6.92 Å². The SMILES string of the molecule is Cc1ccc(OC(=O)c2coc(=O)c3ccccc23)cc1. The van der Waals surface area contributed by atoms with E-state index in [2.05, 4.69) is 0 Å². The monoisotopic (exact) mass is 280 g/mol. The van der Waals surface area contributed by atoms with Crippen molar-refractivity contribution in [2.75, 3.05) is 0 Å². The van der Waals surface area contributed by atoms with Crippen molar-refractivity contribution in [1.29, 1.82) is 0 Å². The van der Waals surface area contributed by atoms with Gasteiger partial charge in [0.25, 0.3) is 0 Å². The van der Waals surface area contributed by atoms with E-state index in [-0.39, 0.29) is 5.56 Å². The summed E-state index contributed by atoms with van der Waals surface area (Å²) in [4.78, 5) is 23.9. The second kappa shape index (κ2) is 5.25. The van der Waals surface area contributed by atoms with Gasteiger partial charge in [-0.1, -0.05) is 35.9 Å². The second-order valence-corrected chi connectivity index (χ2v) is 4.68. The Morgan fingerprint density at radius 2 is 1.67 bits per heavy atom. The lowest BCUT2D eigenvalue weighted by atomic mass is 10.1. The minimum Gasteiger partial charge on any atom is -0.430 e. The van der Waals surface area contributed by atoms with Gasteiger partial charge in [0.2, 0.25) is 0 Å². The van der Waals surface area contributed by atoms with Crippen molar-refractivity contribution in [3.63, 3.8) is 0 Å². The summed E-state index contributed by atoms with van der Waals surface area (Å²) in [5, 5.41) is 0.877. The molecule has 4 heteroatoms. The number of esters is 1. The summed E-state index contributed by atoms with van der Waals surface area (Å²) in [7, 11) is 0. The van der Waals surface area contributed by atoms with Crippen LogP contribution in [-0.4, -0.2) is 5.97 Å². The predicted octanol–water partition coefficient (Wildman–Crippen LogP) is 3.32. The summed E-state index contributed by atoms with van der Waals surface area (Å²) >= 11 is 0. The van der Waals surface area contributed by atoms with Gasteiger partial charge in [-0.15, -0.1) is 0 Å². The fourth-order valence-electron chi connectivity index (χ4n) is 2.06. The largest absolute Gasteiger partial charge is 0.430 e. The number of ether oxygens (including phenoxy) is 1. The Balaban J connectivity index is 2.00. The first-order valence-electron chi connectivity index (χ1n) is 6.44. The van der Waals surface area contributed by atoms with Crippen molar-refractivity contribution in [3.05, 3.63) is 76.3 Å². The van der Waals surface area contributed by atoms with Crippen molar-refractivity contribution in [2.24, 2.45) is 0 Å². The number of benzene rings is 2. The lowest BCUT2D eigenvalue weighted by Crippen LogP contribution is -2.11. The molecule has 0 N–H and O–H groups in total. The standard InChI is InChI=1S/C17H12O4/c1-11-6-8-12(9-7-11)21-17(19)15-10-20-16(18)14-5-3-2-4-13(14)15/h2-10H,1H3. The van der Waals surface area contributed by atoms with Crippen molar-refractivity contribution in [2.45, 2.75) is 6.92 Å². The van der Waals surface area contributed by atoms with Crippen molar-refractivity contribution < 1.29 is 13.9 Å². The fourth-order valence-corrected chi connectivity index (χ4v) is 2.06. The minimum absolute atomic E-state index is 0.228. The molecule has 0 atom stereocenters. The van der Waals surface area contributed by atoms with E-state index in [1.54, 1.807) is 36.4 Å². The quantitative estimate of drug-likeness (QED) is 0.533. The number of hydrogen-bond donors (Lipinski definition) is 0. The number of aryl methyl sites for hydroxylation is 1. The molecule has 104 valence electrons. The molecule has 0 spiro atoms. The third kappa shape index (κ3) is 2.56. The molecule has 3 aromatic rings. The van der Waals surface area contributed by atoms with Crippen LogP contribution in [0.2, 0.25) is 0 Å². The molecule has 0 radical (unpaired) electrons. The summed E-state index contributed by atoms with van der Waals surface area (Å²) in [6.07, 6.45) is 1.14. The van der Waals surface area contributed by atoms with Crippen LogP contribution in [0.1, 0.15) is 15.9 Å². The minimum atomic E-state index is -0.557. The van der Waals surface area contributed by atoms with Crippen LogP contribution in [0.3, 0.4) is 0 Å². The average Bonchev–Trinajstić information content (AvgIpc) is 2.50. The molecule has 0 unspecified atom stereocenters. The van der Waals surface area contributed by atoms with Crippen LogP contribution >= 0.6 is 0 Å². The van der Waals surface area contributed by atoms with Crippen LogP contribution in [0.5, 0.6) is 5.75 Å². The molecule has 0 aliphatic heterocycles. The van der Waals surface area contributed by atoms with Gasteiger partial charge < -0.3 is 9.15 Å². The molecule has 0 bridgehead atoms. The van der Waals surface area contributed by atoms with Crippen LogP contribution in [0.4, 0.5) is 0 Å². The summed E-state index contributed by atoms with van der Waals surface area (Å²) < 4.78 is 10.2. The van der Waals surface area contributed by atoms with Crippen LogP contribution in [0.25, 0.3) is 10.8 Å². The van der Waals surface area contributed by atoms with Crippen molar-refractivity contribution in [1.82, 2.24) is 0 Å². The van der Waals surface area contributed by atoms with E-state index in [4.69, 9.17) is 9.15 Å². The molecule has 0 amide bonds. The first-order chi connectivity index (χ1) is 10.1. The molecule has 1 heterocycles. The number of hydrogen-bond acceptors (Lipinski definition) is 4. The Morgan fingerprint density at radius 1 is 1.00 bits per heavy atom. The zero-order chi connectivity index (χ0) is 14.8. The Hall–Kier alpha value is -2.88. The molecular weight excluding hydrogens is 268 g/mol. The maximum atomic E-state index is 12.2. The Kier molecular flexibility index (Phi) is 3.28. The predicted molar refractivity (Wildman–Crippen MR) is 78.6 cm³/mol. The number of carbonyl (C=O) groups excluding carboxylic acids is 1. The molecular formula is C17H12O4. The Bertz CT molecular complexity index is 860. The second-order valence-electron chi connectivity index (χ2n) is 4.68. The van der Waals surface area contributed by atoms with Crippen LogP contribution < -0.4 is 10.4 Å². The normalized spacial score (nSPS) is 10.5. The molecule has 1 aromatic heterocycles. The summed E-state index contributed by atoms with van der Waals surface area (Å²) in [5.41, 5.74) is 0.828. The molecule has 2 aromatic carbocycles. The van der Waals surface area contributed by atoms with E-state index in [1.807, 2.05) is 19.1 Å². The molecule has 0 aliphatic rings. The van der Waals surface area contributed by atoms with Gasteiger partial charge in [-0.2, -0.15) is 0 Å². The van der Waals surface area contributed by atoms with E-state index in [0.29, 0.717) is 16.5 Å².